The Balaban J connectivity index is 2.37. The van der Waals surface area contributed by atoms with Crippen molar-refractivity contribution in [3.05, 3.63) is 24.0 Å². The molecule has 0 aliphatic heterocycles. The van der Waals surface area contributed by atoms with Crippen LogP contribution in [-0.4, -0.2) is 31.6 Å². The Labute approximate surface area is 99.3 Å². The molecule has 0 saturated heterocycles. The van der Waals surface area contributed by atoms with Crippen LogP contribution in [0.2, 0.25) is 0 Å². The van der Waals surface area contributed by atoms with E-state index in [9.17, 15) is 13.2 Å². The number of hydrogen-bond acceptors (Lipinski definition) is 5. The predicted octanol–water partition coefficient (Wildman–Crippen LogP) is -1.39. The van der Waals surface area contributed by atoms with Crippen LogP contribution in [0.15, 0.2) is 18.3 Å². The van der Waals surface area contributed by atoms with Crippen molar-refractivity contribution in [1.29, 1.82) is 0 Å². The molecule has 1 aromatic rings. The topological polar surface area (TPSA) is 128 Å². The van der Waals surface area contributed by atoms with Crippen molar-refractivity contribution >= 4 is 21.6 Å². The van der Waals surface area contributed by atoms with Gasteiger partial charge in [-0.2, -0.15) is 0 Å². The fourth-order valence-corrected chi connectivity index (χ4v) is 1.49. The highest BCUT2D eigenvalue weighted by Crippen LogP contribution is 2.01. The van der Waals surface area contributed by atoms with Crippen molar-refractivity contribution in [1.82, 2.24) is 10.3 Å². The van der Waals surface area contributed by atoms with Crippen LogP contribution in [0.1, 0.15) is 5.69 Å². The molecule has 1 heterocycles. The van der Waals surface area contributed by atoms with Gasteiger partial charge in [0, 0.05) is 12.2 Å². The van der Waals surface area contributed by atoms with E-state index in [2.05, 4.69) is 10.3 Å². The highest BCUT2D eigenvalue weighted by Gasteiger charge is 2.06. The van der Waals surface area contributed by atoms with Crippen molar-refractivity contribution in [2.75, 3.05) is 18.0 Å². The van der Waals surface area contributed by atoms with Crippen LogP contribution in [0.25, 0.3) is 0 Å². The third-order valence-electron chi connectivity index (χ3n) is 1.90. The minimum Gasteiger partial charge on any atom is -0.397 e. The minimum atomic E-state index is -3.55. The van der Waals surface area contributed by atoms with Crippen molar-refractivity contribution in [3.8, 4) is 0 Å². The summed E-state index contributed by atoms with van der Waals surface area (Å²) in [5.41, 5.74) is 6.52. The summed E-state index contributed by atoms with van der Waals surface area (Å²) in [4.78, 5) is 15.3. The van der Waals surface area contributed by atoms with Gasteiger partial charge in [-0.15, -0.1) is 0 Å². The van der Waals surface area contributed by atoms with Crippen LogP contribution in [0.3, 0.4) is 0 Å². The van der Waals surface area contributed by atoms with Gasteiger partial charge < -0.3 is 11.1 Å². The Hall–Kier alpha value is -1.67. The maximum Gasteiger partial charge on any atom is 0.226 e. The van der Waals surface area contributed by atoms with Crippen molar-refractivity contribution in [3.63, 3.8) is 0 Å². The maximum atomic E-state index is 11.4. The molecule has 7 nitrogen and oxygen atoms in total. The van der Waals surface area contributed by atoms with Crippen molar-refractivity contribution < 1.29 is 13.2 Å². The summed E-state index contributed by atoms with van der Waals surface area (Å²) in [5, 5.41) is 7.22. The Bertz CT molecular complexity index is 483. The number of aromatic nitrogens is 1. The zero-order valence-corrected chi connectivity index (χ0v) is 9.90. The number of nitrogens with zero attached hydrogens (tertiary/aromatic N) is 1. The molecule has 0 bridgehead atoms. The fourth-order valence-electron chi connectivity index (χ4n) is 1.10. The summed E-state index contributed by atoms with van der Waals surface area (Å²) < 4.78 is 21.2. The van der Waals surface area contributed by atoms with E-state index in [0.29, 0.717) is 11.4 Å². The number of primary sulfonamides is 1. The number of sulfonamides is 1. The van der Waals surface area contributed by atoms with E-state index in [1.54, 1.807) is 12.1 Å². The molecule has 1 rings (SSSR count). The molecular formula is C9H14N4O3S. The molecule has 8 heteroatoms. The fraction of sp³-hybridized carbons (Fsp3) is 0.333. The zero-order chi connectivity index (χ0) is 12.9. The second kappa shape index (κ2) is 5.60. The molecule has 0 radical (unpaired) electrons. The lowest BCUT2D eigenvalue weighted by Gasteiger charge is -2.04. The lowest BCUT2D eigenvalue weighted by molar-refractivity contribution is -0.120. The first-order chi connectivity index (χ1) is 7.87. The summed E-state index contributed by atoms with van der Waals surface area (Å²) in [7, 11) is -3.55. The molecule has 0 aromatic carbocycles. The van der Waals surface area contributed by atoms with E-state index < -0.39 is 10.0 Å². The summed E-state index contributed by atoms with van der Waals surface area (Å²) in [5.74, 6) is -0.598. The quantitative estimate of drug-likeness (QED) is 0.599. The van der Waals surface area contributed by atoms with Crippen LogP contribution in [0.5, 0.6) is 0 Å². The van der Waals surface area contributed by atoms with Gasteiger partial charge in [0.05, 0.1) is 24.1 Å². The monoisotopic (exact) mass is 258 g/mol. The first kappa shape index (κ1) is 13.4. The van der Waals surface area contributed by atoms with Gasteiger partial charge in [0.15, 0.2) is 0 Å². The number of nitrogens with one attached hydrogen (secondary N) is 1. The number of amides is 1. The van der Waals surface area contributed by atoms with E-state index in [4.69, 9.17) is 10.9 Å². The van der Waals surface area contributed by atoms with Gasteiger partial charge in [-0.05, 0) is 12.1 Å². The Morgan fingerprint density at radius 2 is 2.12 bits per heavy atom. The summed E-state index contributed by atoms with van der Waals surface area (Å²) in [6.07, 6.45) is 1.53. The average molecular weight is 258 g/mol. The van der Waals surface area contributed by atoms with Gasteiger partial charge in [0.2, 0.25) is 15.9 Å². The van der Waals surface area contributed by atoms with Gasteiger partial charge >= 0.3 is 0 Å². The molecule has 1 aromatic heterocycles. The van der Waals surface area contributed by atoms with Gasteiger partial charge in [-0.3, -0.25) is 9.78 Å². The number of carbonyl (C=O) groups excluding carboxylic acids is 1. The molecule has 17 heavy (non-hydrogen) atoms. The molecule has 0 unspecified atom stereocenters. The number of rotatable bonds is 5. The number of pyridine rings is 1. The predicted molar refractivity (Wildman–Crippen MR) is 63.3 cm³/mol. The van der Waals surface area contributed by atoms with Gasteiger partial charge in [-0.1, -0.05) is 0 Å². The zero-order valence-electron chi connectivity index (χ0n) is 9.09. The standard InChI is InChI=1S/C9H14N4O3S/c10-7-1-2-8(13-6-7)5-9(14)12-3-4-17(11,15)16/h1-2,6H,3-5,10H2,(H,12,14)(H2,11,15,16). The maximum absolute atomic E-state index is 11.4. The van der Waals surface area contributed by atoms with E-state index >= 15 is 0 Å². The lowest BCUT2D eigenvalue weighted by atomic mass is 10.2. The van der Waals surface area contributed by atoms with Crippen LogP contribution in [-0.2, 0) is 21.2 Å². The SMILES string of the molecule is Nc1ccc(CC(=O)NCCS(N)(=O)=O)nc1. The van der Waals surface area contributed by atoms with Crippen LogP contribution < -0.4 is 16.2 Å². The number of carbonyl (C=O) groups is 1. The van der Waals surface area contributed by atoms with E-state index in [1.807, 2.05) is 0 Å². The van der Waals surface area contributed by atoms with Gasteiger partial charge in [0.1, 0.15) is 0 Å². The molecule has 0 atom stereocenters. The molecule has 0 fully saturated rings. The number of nitrogens with two attached hydrogens (primary N) is 2. The van der Waals surface area contributed by atoms with E-state index in [-0.39, 0.29) is 24.6 Å². The second-order valence-electron chi connectivity index (χ2n) is 3.48. The first-order valence-electron chi connectivity index (χ1n) is 4.84. The molecule has 0 aliphatic rings. The van der Waals surface area contributed by atoms with Crippen LogP contribution in [0, 0.1) is 0 Å². The average Bonchev–Trinajstić information content (AvgIpc) is 2.19. The third kappa shape index (κ3) is 5.83. The van der Waals surface area contributed by atoms with E-state index in [0.717, 1.165) is 0 Å². The molecule has 0 spiro atoms. The first-order valence-corrected chi connectivity index (χ1v) is 6.56. The third-order valence-corrected chi connectivity index (χ3v) is 2.67. The highest BCUT2D eigenvalue weighted by atomic mass is 32.2. The summed E-state index contributed by atoms with van der Waals surface area (Å²) in [6, 6.07) is 3.27. The Kier molecular flexibility index (Phi) is 4.41. The smallest absolute Gasteiger partial charge is 0.226 e. The van der Waals surface area contributed by atoms with Crippen LogP contribution >= 0.6 is 0 Å². The highest BCUT2D eigenvalue weighted by molar-refractivity contribution is 7.89. The Morgan fingerprint density at radius 1 is 1.41 bits per heavy atom. The number of hydrogen-bond donors (Lipinski definition) is 3. The Morgan fingerprint density at radius 3 is 2.65 bits per heavy atom. The molecular weight excluding hydrogens is 244 g/mol. The van der Waals surface area contributed by atoms with Crippen molar-refractivity contribution in [2.45, 2.75) is 6.42 Å². The molecule has 0 saturated carbocycles. The van der Waals surface area contributed by atoms with Crippen molar-refractivity contribution in [2.24, 2.45) is 5.14 Å². The normalized spacial score (nSPS) is 11.1. The largest absolute Gasteiger partial charge is 0.397 e. The van der Waals surface area contributed by atoms with Gasteiger partial charge in [-0.25, -0.2) is 13.6 Å². The van der Waals surface area contributed by atoms with Gasteiger partial charge in [0.25, 0.3) is 0 Å². The van der Waals surface area contributed by atoms with Crippen LogP contribution in [0.4, 0.5) is 5.69 Å². The lowest BCUT2D eigenvalue weighted by Crippen LogP contribution is -2.32. The molecule has 1 amide bonds. The second-order valence-corrected chi connectivity index (χ2v) is 5.21. The summed E-state index contributed by atoms with van der Waals surface area (Å²) in [6.45, 7) is -0.00730. The van der Waals surface area contributed by atoms with E-state index in [1.165, 1.54) is 6.20 Å². The summed E-state index contributed by atoms with van der Waals surface area (Å²) >= 11 is 0. The molecule has 94 valence electrons. The number of anilines is 1. The minimum absolute atomic E-state index is 0.00730. The molecule has 5 N–H and O–H groups in total. The molecule has 0 aliphatic carbocycles. The number of nitrogen functional groups attached to an aromatic ring is 1.